The molecule has 2 aliphatic rings. The van der Waals surface area contributed by atoms with Gasteiger partial charge in [-0.3, -0.25) is 14.4 Å². The molecule has 1 heterocycles. The Hall–Kier alpha value is -2.45. The molecule has 1 saturated carbocycles. The molecule has 1 aromatic carbocycles. The molecule has 2 atom stereocenters. The summed E-state index contributed by atoms with van der Waals surface area (Å²) in [6.45, 7) is 3.22. The number of hydrogen-bond acceptors (Lipinski definition) is 3. The van der Waals surface area contributed by atoms with E-state index in [-0.39, 0.29) is 43.3 Å². The van der Waals surface area contributed by atoms with Crippen LogP contribution in [-0.2, 0) is 9.59 Å². The number of ketones is 1. The van der Waals surface area contributed by atoms with Crippen molar-refractivity contribution < 1.29 is 33.4 Å². The highest BCUT2D eigenvalue weighted by Gasteiger charge is 2.44. The zero-order valence-electron chi connectivity index (χ0n) is 19.6. The van der Waals surface area contributed by atoms with Crippen LogP contribution >= 0.6 is 0 Å². The minimum absolute atomic E-state index is 0. The van der Waals surface area contributed by atoms with Crippen LogP contribution in [0, 0.1) is 17.7 Å². The number of nitrogens with one attached hydrogen (secondary N) is 1. The maximum absolute atomic E-state index is 15.5. The number of carbonyl (C=O) groups excluding carboxylic acids is 3. The molecule has 1 N–H and O–H groups in total. The van der Waals surface area contributed by atoms with Crippen LogP contribution in [0.15, 0.2) is 18.2 Å². The third-order valence-corrected chi connectivity index (χ3v) is 6.95. The van der Waals surface area contributed by atoms with Crippen LogP contribution in [0.5, 0.6) is 0 Å². The molecule has 9 heteroatoms. The van der Waals surface area contributed by atoms with Crippen molar-refractivity contribution in [3.05, 3.63) is 35.1 Å². The van der Waals surface area contributed by atoms with Crippen LogP contribution in [0.2, 0.25) is 0 Å². The second-order valence-corrected chi connectivity index (χ2v) is 9.70. The van der Waals surface area contributed by atoms with E-state index in [1.54, 1.807) is 13.8 Å². The summed E-state index contributed by atoms with van der Waals surface area (Å²) in [5.74, 6) is -4.49. The third-order valence-electron chi connectivity index (χ3n) is 6.95. The van der Waals surface area contributed by atoms with Crippen LogP contribution in [-0.4, -0.2) is 47.8 Å². The van der Waals surface area contributed by atoms with Crippen molar-refractivity contribution >= 4 is 17.6 Å². The molecule has 3 rings (SSSR count). The maximum Gasteiger partial charge on any atom is 0.471 e. The number of piperidine rings is 1. The highest BCUT2D eigenvalue weighted by Crippen LogP contribution is 2.33. The number of rotatable bonds is 6. The summed E-state index contributed by atoms with van der Waals surface area (Å²) in [6.07, 6.45) is 0.379. The molecule has 0 aromatic heterocycles. The van der Waals surface area contributed by atoms with Gasteiger partial charge in [0.1, 0.15) is 5.82 Å². The third kappa shape index (κ3) is 5.96. The van der Waals surface area contributed by atoms with Gasteiger partial charge in [0.2, 0.25) is 0 Å². The van der Waals surface area contributed by atoms with E-state index in [2.05, 4.69) is 5.32 Å². The molecule has 2 amide bonds. The Kier molecular flexibility index (Phi) is 8.36. The molecular formula is C25H34F4N2O3. The van der Waals surface area contributed by atoms with Crippen molar-refractivity contribution in [2.45, 2.75) is 76.9 Å². The first kappa shape index (κ1) is 26.2. The fraction of sp³-hybridized carbons (Fsp3) is 0.640. The Balaban J connectivity index is 0.00000432. The number of amides is 2. The van der Waals surface area contributed by atoms with Crippen LogP contribution in [0.3, 0.4) is 0 Å². The summed E-state index contributed by atoms with van der Waals surface area (Å²) in [6, 6.07) is 3.53. The zero-order valence-corrected chi connectivity index (χ0v) is 19.6. The second-order valence-electron chi connectivity index (χ2n) is 9.70. The molecule has 0 spiro atoms. The van der Waals surface area contributed by atoms with Crippen molar-refractivity contribution in [1.82, 2.24) is 10.2 Å². The van der Waals surface area contributed by atoms with Gasteiger partial charge in [-0.2, -0.15) is 13.2 Å². The summed E-state index contributed by atoms with van der Waals surface area (Å²) in [5.41, 5.74) is -0.133. The van der Waals surface area contributed by atoms with Crippen molar-refractivity contribution in [2.24, 2.45) is 11.8 Å². The normalized spacial score (nSPS) is 20.8. The van der Waals surface area contributed by atoms with Crippen molar-refractivity contribution in [3.8, 4) is 0 Å². The average molecular weight is 487 g/mol. The van der Waals surface area contributed by atoms with Gasteiger partial charge in [-0.1, -0.05) is 45.2 Å². The molecule has 0 radical (unpaired) electrons. The largest absolute Gasteiger partial charge is 0.471 e. The first-order valence-corrected chi connectivity index (χ1v) is 12.0. The minimum Gasteiger partial charge on any atom is -0.342 e. The summed E-state index contributed by atoms with van der Waals surface area (Å²) in [5, 5.41) is 2.76. The van der Waals surface area contributed by atoms with E-state index >= 15 is 4.39 Å². The lowest BCUT2D eigenvalue weighted by molar-refractivity contribution is -0.186. The van der Waals surface area contributed by atoms with E-state index in [4.69, 9.17) is 0 Å². The van der Waals surface area contributed by atoms with Gasteiger partial charge < -0.3 is 10.2 Å². The van der Waals surface area contributed by atoms with Crippen molar-refractivity contribution in [1.29, 1.82) is 0 Å². The molecule has 1 aliphatic heterocycles. The van der Waals surface area contributed by atoms with Crippen LogP contribution in [0.1, 0.15) is 82.1 Å². The van der Waals surface area contributed by atoms with Gasteiger partial charge in [0, 0.05) is 26.4 Å². The fourth-order valence-corrected chi connectivity index (χ4v) is 5.10. The molecule has 1 saturated heterocycles. The second kappa shape index (κ2) is 10.9. The van der Waals surface area contributed by atoms with Crippen LogP contribution in [0.25, 0.3) is 0 Å². The lowest BCUT2D eigenvalue weighted by Crippen LogP contribution is -2.48. The van der Waals surface area contributed by atoms with Crippen molar-refractivity contribution in [3.63, 3.8) is 0 Å². The van der Waals surface area contributed by atoms with Crippen LogP contribution in [0.4, 0.5) is 17.6 Å². The van der Waals surface area contributed by atoms with Gasteiger partial charge >= 0.3 is 12.1 Å². The standard InChI is InChI=1S/C25H32F4N2O3.H2/c1-15(2)22(32)21(16-8-4-3-5-9-16)30-23(33)19-12-6-11-18(20(19)26)17-10-7-13-31(14-17)24(34)25(27,28)29;/h6,11-12,15-17,21H,3-5,7-10,13-14H2,1-2H3,(H,30,33);1H/t17?,21-;/m1./s1. The van der Waals surface area contributed by atoms with E-state index in [0.717, 1.165) is 32.1 Å². The van der Waals surface area contributed by atoms with Gasteiger partial charge in [-0.05, 0) is 43.2 Å². The molecule has 34 heavy (non-hydrogen) atoms. The Labute approximate surface area is 198 Å². The van der Waals surface area contributed by atoms with Gasteiger partial charge in [0.25, 0.3) is 5.91 Å². The first-order valence-electron chi connectivity index (χ1n) is 12.0. The summed E-state index contributed by atoms with van der Waals surface area (Å²) < 4.78 is 54.0. The van der Waals surface area contributed by atoms with Gasteiger partial charge in [-0.25, -0.2) is 4.39 Å². The van der Waals surface area contributed by atoms with E-state index in [0.29, 0.717) is 17.7 Å². The van der Waals surface area contributed by atoms with Gasteiger partial charge in [0.05, 0.1) is 11.6 Å². The Bertz CT molecular complexity index is 916. The fourth-order valence-electron chi connectivity index (χ4n) is 5.10. The number of benzene rings is 1. The zero-order chi connectivity index (χ0) is 25.0. The Morgan fingerprint density at radius 1 is 1.06 bits per heavy atom. The molecule has 190 valence electrons. The number of alkyl halides is 3. The molecule has 2 fully saturated rings. The Morgan fingerprint density at radius 3 is 2.35 bits per heavy atom. The van der Waals surface area contributed by atoms with Crippen molar-refractivity contribution in [2.75, 3.05) is 13.1 Å². The number of hydrogen-bond donors (Lipinski definition) is 1. The molecule has 1 aromatic rings. The first-order chi connectivity index (χ1) is 16.0. The topological polar surface area (TPSA) is 66.5 Å². The number of carbonyl (C=O) groups is 3. The van der Waals surface area contributed by atoms with E-state index in [9.17, 15) is 27.6 Å². The van der Waals surface area contributed by atoms with Gasteiger partial charge in [0.15, 0.2) is 5.78 Å². The average Bonchev–Trinajstić information content (AvgIpc) is 2.81. The highest BCUT2D eigenvalue weighted by molar-refractivity contribution is 5.98. The van der Waals surface area contributed by atoms with E-state index < -0.39 is 35.8 Å². The lowest BCUT2D eigenvalue weighted by atomic mass is 9.80. The van der Waals surface area contributed by atoms with E-state index in [1.807, 2.05) is 0 Å². The predicted molar refractivity (Wildman–Crippen MR) is 121 cm³/mol. The Morgan fingerprint density at radius 2 is 1.74 bits per heavy atom. The summed E-state index contributed by atoms with van der Waals surface area (Å²) in [4.78, 5) is 38.3. The molecular weight excluding hydrogens is 452 g/mol. The van der Waals surface area contributed by atoms with E-state index in [1.165, 1.54) is 18.2 Å². The number of Topliss-reactive ketones (excluding diaryl/α,β-unsaturated/α-hetero) is 1. The lowest BCUT2D eigenvalue weighted by Gasteiger charge is -2.34. The molecule has 1 aliphatic carbocycles. The SMILES string of the molecule is CC(C)C(=O)[C@H](NC(=O)c1cccc(C2CCCN(C(=O)C(F)(F)F)C2)c1F)C1CCCCC1.[HH]. The molecule has 1 unspecified atom stereocenters. The highest BCUT2D eigenvalue weighted by atomic mass is 19.4. The summed E-state index contributed by atoms with van der Waals surface area (Å²) in [7, 11) is 0. The molecule has 0 bridgehead atoms. The minimum atomic E-state index is -4.99. The number of likely N-dealkylation sites (tertiary alicyclic amines) is 1. The smallest absolute Gasteiger partial charge is 0.342 e. The summed E-state index contributed by atoms with van der Waals surface area (Å²) >= 11 is 0. The number of halogens is 4. The number of nitrogens with zero attached hydrogens (tertiary/aromatic N) is 1. The quantitative estimate of drug-likeness (QED) is 0.559. The molecule has 5 nitrogen and oxygen atoms in total. The predicted octanol–water partition coefficient (Wildman–Crippen LogP) is 5.24. The van der Waals surface area contributed by atoms with Crippen LogP contribution < -0.4 is 5.32 Å². The van der Waals surface area contributed by atoms with Gasteiger partial charge in [-0.15, -0.1) is 0 Å². The maximum atomic E-state index is 15.5. The monoisotopic (exact) mass is 486 g/mol.